The second kappa shape index (κ2) is 6.51. The number of methoxy groups -OCH3 is 1. The molecule has 3 rings (SSSR count). The van der Waals surface area contributed by atoms with E-state index in [-0.39, 0.29) is 5.92 Å². The third-order valence-electron chi connectivity index (χ3n) is 5.09. The number of benzene rings is 1. The number of likely N-dealkylation sites (N-methyl/N-ethyl adjacent to an activating group) is 1. The van der Waals surface area contributed by atoms with Gasteiger partial charge in [0, 0.05) is 18.9 Å². The topological polar surface area (TPSA) is 85.3 Å². The standard InChI is InChI=1S/C17H25NO6S/c1-18(2)12-15(13-6-8-14(22-3)9-7-13)16(19)10-4-5-11-17(16)23-25(20,21)24-17/h6-9,15,19H,4-5,10-12H2,1-3H3. The largest absolute Gasteiger partial charge is 0.497 e. The van der Waals surface area contributed by atoms with Crippen LogP contribution in [0.3, 0.4) is 0 Å². The molecule has 0 aromatic heterocycles. The molecule has 0 radical (unpaired) electrons. The van der Waals surface area contributed by atoms with E-state index in [2.05, 4.69) is 0 Å². The summed E-state index contributed by atoms with van der Waals surface area (Å²) in [6, 6.07) is 7.44. The zero-order valence-corrected chi connectivity index (χ0v) is 15.6. The molecule has 1 aromatic carbocycles. The van der Waals surface area contributed by atoms with Crippen molar-refractivity contribution < 1.29 is 26.6 Å². The summed E-state index contributed by atoms with van der Waals surface area (Å²) in [7, 11) is 1.41. The molecule has 1 aliphatic carbocycles. The van der Waals surface area contributed by atoms with Gasteiger partial charge in [0.25, 0.3) is 0 Å². The number of rotatable bonds is 5. The van der Waals surface area contributed by atoms with Gasteiger partial charge >= 0.3 is 10.4 Å². The average Bonchev–Trinajstić information content (AvgIpc) is 2.53. The van der Waals surface area contributed by atoms with Crippen LogP contribution in [-0.2, 0) is 18.8 Å². The predicted octanol–water partition coefficient (Wildman–Crippen LogP) is 1.63. The lowest BCUT2D eigenvalue weighted by Gasteiger charge is -2.55. The average molecular weight is 371 g/mol. The van der Waals surface area contributed by atoms with Crippen LogP contribution in [0.1, 0.15) is 37.2 Å². The lowest BCUT2D eigenvalue weighted by molar-refractivity contribution is -0.312. The van der Waals surface area contributed by atoms with Gasteiger partial charge in [0.2, 0.25) is 5.79 Å². The SMILES string of the molecule is COc1ccc(C(CN(C)C)C2(O)CCCCC23OS(=O)(=O)O3)cc1. The molecule has 7 nitrogen and oxygen atoms in total. The molecule has 2 unspecified atom stereocenters. The highest BCUT2D eigenvalue weighted by molar-refractivity contribution is 7.82. The van der Waals surface area contributed by atoms with Crippen molar-refractivity contribution in [2.24, 2.45) is 0 Å². The van der Waals surface area contributed by atoms with E-state index in [0.717, 1.165) is 24.2 Å². The number of nitrogens with zero attached hydrogens (tertiary/aromatic N) is 1. The van der Waals surface area contributed by atoms with Gasteiger partial charge in [-0.2, -0.15) is 8.42 Å². The Morgan fingerprint density at radius 2 is 1.80 bits per heavy atom. The second-order valence-electron chi connectivity index (χ2n) is 7.05. The zero-order chi connectivity index (χ0) is 18.3. The molecule has 1 saturated carbocycles. The van der Waals surface area contributed by atoms with E-state index in [1.165, 1.54) is 0 Å². The third-order valence-corrected chi connectivity index (χ3v) is 6.04. The summed E-state index contributed by atoms with van der Waals surface area (Å²) in [5.74, 6) is -1.15. The first kappa shape index (κ1) is 18.6. The molecule has 0 amide bonds. The molecule has 1 saturated heterocycles. The van der Waals surface area contributed by atoms with E-state index in [4.69, 9.17) is 13.1 Å². The fourth-order valence-corrected chi connectivity index (χ4v) is 5.02. The van der Waals surface area contributed by atoms with Gasteiger partial charge < -0.3 is 14.7 Å². The van der Waals surface area contributed by atoms with Crippen LogP contribution in [0.25, 0.3) is 0 Å². The highest BCUT2D eigenvalue weighted by atomic mass is 32.3. The van der Waals surface area contributed by atoms with Crippen molar-refractivity contribution in [3.63, 3.8) is 0 Å². The number of hydrogen-bond acceptors (Lipinski definition) is 7. The van der Waals surface area contributed by atoms with Crippen LogP contribution in [0, 0.1) is 0 Å². The van der Waals surface area contributed by atoms with E-state index in [1.54, 1.807) is 7.11 Å². The first-order chi connectivity index (χ1) is 11.7. The lowest BCUT2D eigenvalue weighted by atomic mass is 9.68. The monoisotopic (exact) mass is 371 g/mol. The minimum absolute atomic E-state index is 0.350. The van der Waals surface area contributed by atoms with Crippen molar-refractivity contribution in [1.29, 1.82) is 0 Å². The maximum Gasteiger partial charge on any atom is 0.405 e. The van der Waals surface area contributed by atoms with Gasteiger partial charge in [-0.1, -0.05) is 18.6 Å². The van der Waals surface area contributed by atoms with E-state index in [1.807, 2.05) is 43.3 Å². The van der Waals surface area contributed by atoms with Crippen molar-refractivity contribution in [2.45, 2.75) is 43.0 Å². The van der Waals surface area contributed by atoms with Gasteiger partial charge in [0.1, 0.15) is 11.4 Å². The van der Waals surface area contributed by atoms with Crippen molar-refractivity contribution in [1.82, 2.24) is 4.90 Å². The quantitative estimate of drug-likeness (QED) is 0.842. The zero-order valence-electron chi connectivity index (χ0n) is 14.8. The molecule has 1 heterocycles. The first-order valence-electron chi connectivity index (χ1n) is 8.39. The first-order valence-corrected chi connectivity index (χ1v) is 9.72. The van der Waals surface area contributed by atoms with Crippen LogP contribution in [0.15, 0.2) is 24.3 Å². The molecule has 2 atom stereocenters. The minimum atomic E-state index is -4.01. The molecule has 25 heavy (non-hydrogen) atoms. The van der Waals surface area contributed by atoms with Crippen LogP contribution in [0.2, 0.25) is 0 Å². The highest BCUT2D eigenvalue weighted by Crippen LogP contribution is 2.54. The molecule has 2 aliphatic rings. The van der Waals surface area contributed by atoms with Gasteiger partial charge in [-0.15, -0.1) is 0 Å². The van der Waals surface area contributed by atoms with Crippen molar-refractivity contribution in [3.05, 3.63) is 29.8 Å². The summed E-state index contributed by atoms with van der Waals surface area (Å²) in [5, 5.41) is 11.6. The molecule has 1 aliphatic heterocycles. The molecular weight excluding hydrogens is 346 g/mol. The summed E-state index contributed by atoms with van der Waals surface area (Å²) in [6.45, 7) is 0.525. The normalized spacial score (nSPS) is 28.5. The highest BCUT2D eigenvalue weighted by Gasteiger charge is 2.68. The Bertz CT molecular complexity index is 705. The van der Waals surface area contributed by atoms with E-state index >= 15 is 0 Å². The molecule has 1 spiro atoms. The smallest absolute Gasteiger partial charge is 0.405 e. The third kappa shape index (κ3) is 3.29. The van der Waals surface area contributed by atoms with E-state index in [0.29, 0.717) is 19.4 Å². The Labute approximate surface area is 148 Å². The van der Waals surface area contributed by atoms with Gasteiger partial charge in [-0.3, -0.25) is 0 Å². The van der Waals surface area contributed by atoms with Crippen molar-refractivity contribution in [2.75, 3.05) is 27.7 Å². The van der Waals surface area contributed by atoms with Crippen LogP contribution < -0.4 is 4.74 Å². The van der Waals surface area contributed by atoms with Crippen LogP contribution >= 0.6 is 0 Å². The Morgan fingerprint density at radius 3 is 2.32 bits per heavy atom. The molecule has 1 aromatic rings. The maximum absolute atomic E-state index is 11.6. The van der Waals surface area contributed by atoms with Gasteiger partial charge in [0.15, 0.2) is 0 Å². The van der Waals surface area contributed by atoms with Crippen molar-refractivity contribution in [3.8, 4) is 5.75 Å². The van der Waals surface area contributed by atoms with Gasteiger partial charge in [-0.25, -0.2) is 8.37 Å². The van der Waals surface area contributed by atoms with Gasteiger partial charge in [0.05, 0.1) is 7.11 Å². The maximum atomic E-state index is 11.6. The Balaban J connectivity index is 2.00. The summed E-state index contributed by atoms with van der Waals surface area (Å²) in [5.41, 5.74) is -0.551. The van der Waals surface area contributed by atoms with Crippen LogP contribution in [-0.4, -0.2) is 57.6 Å². The summed E-state index contributed by atoms with van der Waals surface area (Å²) in [6.07, 6.45) is 2.29. The van der Waals surface area contributed by atoms with Crippen molar-refractivity contribution >= 4 is 10.4 Å². The van der Waals surface area contributed by atoms with Gasteiger partial charge in [-0.05, 0) is 44.6 Å². The number of aliphatic hydroxyl groups is 1. The Kier molecular flexibility index (Phi) is 4.85. The minimum Gasteiger partial charge on any atom is -0.497 e. The Hall–Kier alpha value is -1.19. The van der Waals surface area contributed by atoms with Crippen LogP contribution in [0.5, 0.6) is 5.75 Å². The molecular formula is C17H25NO6S. The molecule has 1 N–H and O–H groups in total. The lowest BCUT2D eigenvalue weighted by Crippen LogP contribution is -2.69. The summed E-state index contributed by atoms with van der Waals surface area (Å²) < 4.78 is 38.6. The summed E-state index contributed by atoms with van der Waals surface area (Å²) >= 11 is 0. The molecule has 8 heteroatoms. The van der Waals surface area contributed by atoms with E-state index < -0.39 is 21.8 Å². The molecule has 0 bridgehead atoms. The Morgan fingerprint density at radius 1 is 1.20 bits per heavy atom. The van der Waals surface area contributed by atoms with Crippen LogP contribution in [0.4, 0.5) is 0 Å². The molecule has 140 valence electrons. The summed E-state index contributed by atoms with van der Waals surface area (Å²) in [4.78, 5) is 1.96. The number of hydrogen-bond donors (Lipinski definition) is 1. The molecule has 2 fully saturated rings. The van der Waals surface area contributed by atoms with E-state index in [9.17, 15) is 13.5 Å². The fourth-order valence-electron chi connectivity index (χ4n) is 3.90. The predicted molar refractivity (Wildman–Crippen MR) is 91.5 cm³/mol. The fraction of sp³-hybridized carbons (Fsp3) is 0.647. The second-order valence-corrected chi connectivity index (χ2v) is 8.20. The number of ether oxygens (including phenoxy) is 1.